The minimum absolute atomic E-state index is 0.0665. The number of amides is 2. The van der Waals surface area contributed by atoms with Crippen LogP contribution in [-0.2, 0) is 9.53 Å². The summed E-state index contributed by atoms with van der Waals surface area (Å²) in [7, 11) is 0. The Morgan fingerprint density at radius 1 is 1.00 bits per heavy atom. The fraction of sp³-hybridized carbons (Fsp3) is 0.250. The van der Waals surface area contributed by atoms with Crippen LogP contribution in [0.2, 0.25) is 5.02 Å². The van der Waals surface area contributed by atoms with E-state index in [2.05, 4.69) is 16.2 Å². The van der Waals surface area contributed by atoms with Crippen molar-refractivity contribution in [1.82, 2.24) is 16.2 Å². The molecule has 2 amide bonds. The molecule has 0 saturated carbocycles. The van der Waals surface area contributed by atoms with E-state index < -0.39 is 11.8 Å². The maximum atomic E-state index is 12.2. The van der Waals surface area contributed by atoms with Gasteiger partial charge in [0.15, 0.2) is 11.7 Å². The standard InChI is InChI=1S/C20H22ClN3O5S/c1-2-27-11-12-28-15-9-7-14(8-10-15)19(26)22-20(30)24-23-18(25)13-29-17-6-4-3-5-16(17)21/h3-10H,2,11-13H2,1H3,(H,23,25)(H2,22,24,26,30). The highest BCUT2D eigenvalue weighted by Crippen LogP contribution is 2.22. The number of para-hydroxylation sites is 1. The number of rotatable bonds is 9. The third-order valence-electron chi connectivity index (χ3n) is 3.55. The molecule has 0 aromatic heterocycles. The first-order chi connectivity index (χ1) is 14.5. The summed E-state index contributed by atoms with van der Waals surface area (Å²) in [6.45, 7) is 3.18. The van der Waals surface area contributed by atoms with Gasteiger partial charge in [0.2, 0.25) is 0 Å². The van der Waals surface area contributed by atoms with Crippen molar-refractivity contribution < 1.29 is 23.8 Å². The number of hydrazine groups is 1. The minimum atomic E-state index is -0.500. The third-order valence-corrected chi connectivity index (χ3v) is 4.07. The molecule has 2 rings (SSSR count). The fourth-order valence-electron chi connectivity index (χ4n) is 2.14. The van der Waals surface area contributed by atoms with Crippen molar-refractivity contribution in [2.24, 2.45) is 0 Å². The quantitative estimate of drug-likeness (QED) is 0.306. The lowest BCUT2D eigenvalue weighted by atomic mass is 10.2. The van der Waals surface area contributed by atoms with Crippen LogP contribution < -0.4 is 25.6 Å². The molecule has 0 fully saturated rings. The van der Waals surface area contributed by atoms with E-state index in [1.165, 1.54) is 0 Å². The van der Waals surface area contributed by atoms with Crippen LogP contribution in [0.3, 0.4) is 0 Å². The van der Waals surface area contributed by atoms with E-state index in [0.29, 0.717) is 41.9 Å². The lowest BCUT2D eigenvalue weighted by Crippen LogP contribution is -2.49. The smallest absolute Gasteiger partial charge is 0.276 e. The Hall–Kier alpha value is -2.88. The van der Waals surface area contributed by atoms with Gasteiger partial charge in [-0.05, 0) is 55.5 Å². The van der Waals surface area contributed by atoms with Crippen molar-refractivity contribution >= 4 is 40.7 Å². The molecule has 3 N–H and O–H groups in total. The fourth-order valence-corrected chi connectivity index (χ4v) is 2.47. The summed E-state index contributed by atoms with van der Waals surface area (Å²) in [5.74, 6) is 0.0725. The van der Waals surface area contributed by atoms with Crippen molar-refractivity contribution in [3.8, 4) is 11.5 Å². The van der Waals surface area contributed by atoms with Gasteiger partial charge in [0.25, 0.3) is 11.8 Å². The molecule has 0 aliphatic heterocycles. The second-order valence-electron chi connectivity index (χ2n) is 5.75. The zero-order valence-corrected chi connectivity index (χ0v) is 17.8. The lowest BCUT2D eigenvalue weighted by molar-refractivity contribution is -0.123. The Balaban J connectivity index is 1.70. The number of ether oxygens (including phenoxy) is 3. The molecule has 0 aliphatic carbocycles. The van der Waals surface area contributed by atoms with Crippen LogP contribution in [0.5, 0.6) is 11.5 Å². The van der Waals surface area contributed by atoms with Crippen LogP contribution in [0.15, 0.2) is 48.5 Å². The number of carbonyl (C=O) groups excluding carboxylic acids is 2. The zero-order valence-electron chi connectivity index (χ0n) is 16.3. The summed E-state index contributed by atoms with van der Waals surface area (Å²) in [5.41, 5.74) is 5.14. The third kappa shape index (κ3) is 8.24. The van der Waals surface area contributed by atoms with Crippen molar-refractivity contribution in [3.63, 3.8) is 0 Å². The first kappa shape index (κ1) is 23.4. The molecule has 0 radical (unpaired) electrons. The number of carbonyl (C=O) groups is 2. The van der Waals surface area contributed by atoms with Crippen LogP contribution in [0, 0.1) is 0 Å². The van der Waals surface area contributed by atoms with Gasteiger partial charge in [0, 0.05) is 12.2 Å². The van der Waals surface area contributed by atoms with Gasteiger partial charge in [-0.3, -0.25) is 25.8 Å². The Morgan fingerprint density at radius 3 is 2.43 bits per heavy atom. The van der Waals surface area contributed by atoms with Crippen LogP contribution in [0.25, 0.3) is 0 Å². The largest absolute Gasteiger partial charge is 0.491 e. The number of thiocarbonyl (C=S) groups is 1. The molecular weight excluding hydrogens is 430 g/mol. The molecule has 8 nitrogen and oxygen atoms in total. The van der Waals surface area contributed by atoms with Crippen LogP contribution in [0.4, 0.5) is 0 Å². The van der Waals surface area contributed by atoms with Gasteiger partial charge in [0.05, 0.1) is 11.6 Å². The van der Waals surface area contributed by atoms with Gasteiger partial charge >= 0.3 is 0 Å². The number of benzene rings is 2. The van der Waals surface area contributed by atoms with Crippen molar-refractivity contribution in [2.45, 2.75) is 6.92 Å². The van der Waals surface area contributed by atoms with E-state index in [1.807, 2.05) is 6.92 Å². The molecule has 2 aromatic rings. The van der Waals surface area contributed by atoms with Crippen LogP contribution in [-0.4, -0.2) is 43.4 Å². The normalized spacial score (nSPS) is 10.1. The van der Waals surface area contributed by atoms with Crippen molar-refractivity contribution in [1.29, 1.82) is 0 Å². The summed E-state index contributed by atoms with van der Waals surface area (Å²) >= 11 is 10.9. The highest BCUT2D eigenvalue weighted by molar-refractivity contribution is 7.80. The van der Waals surface area contributed by atoms with Gasteiger partial charge in [-0.15, -0.1) is 0 Å². The molecule has 160 valence electrons. The van der Waals surface area contributed by atoms with Crippen molar-refractivity contribution in [3.05, 3.63) is 59.1 Å². The Bertz CT molecular complexity index is 864. The summed E-state index contributed by atoms with van der Waals surface area (Å²) in [5, 5.41) is 2.79. The van der Waals surface area contributed by atoms with E-state index in [-0.39, 0.29) is 11.7 Å². The summed E-state index contributed by atoms with van der Waals surface area (Å²) in [4.78, 5) is 24.0. The molecule has 0 saturated heterocycles. The topological polar surface area (TPSA) is 97.9 Å². The average Bonchev–Trinajstić information content (AvgIpc) is 2.75. The molecular formula is C20H22ClN3O5S. The SMILES string of the molecule is CCOCCOc1ccc(C(=O)NC(=S)NNC(=O)COc2ccccc2Cl)cc1. The highest BCUT2D eigenvalue weighted by atomic mass is 35.5. The Labute approximate surface area is 184 Å². The molecule has 0 atom stereocenters. The molecule has 0 bridgehead atoms. The van der Waals surface area contributed by atoms with Gasteiger partial charge in [-0.25, -0.2) is 0 Å². The van der Waals surface area contributed by atoms with E-state index >= 15 is 0 Å². The van der Waals surface area contributed by atoms with Crippen LogP contribution >= 0.6 is 23.8 Å². The Morgan fingerprint density at radius 2 is 1.73 bits per heavy atom. The monoisotopic (exact) mass is 451 g/mol. The number of nitrogens with one attached hydrogen (secondary N) is 3. The first-order valence-electron chi connectivity index (χ1n) is 9.07. The second-order valence-corrected chi connectivity index (χ2v) is 6.56. The Kier molecular flexibility index (Phi) is 9.85. The molecule has 0 aliphatic rings. The molecule has 10 heteroatoms. The van der Waals surface area contributed by atoms with E-state index in [4.69, 9.17) is 38.0 Å². The van der Waals surface area contributed by atoms with Gasteiger partial charge in [0.1, 0.15) is 18.1 Å². The lowest BCUT2D eigenvalue weighted by Gasteiger charge is -2.12. The van der Waals surface area contributed by atoms with E-state index in [1.54, 1.807) is 48.5 Å². The van der Waals surface area contributed by atoms with Crippen LogP contribution in [0.1, 0.15) is 17.3 Å². The molecule has 0 unspecified atom stereocenters. The maximum absolute atomic E-state index is 12.2. The number of hydrogen-bond donors (Lipinski definition) is 3. The van der Waals surface area contributed by atoms with Gasteiger partial charge in [-0.1, -0.05) is 23.7 Å². The zero-order chi connectivity index (χ0) is 21.8. The number of hydrogen-bond acceptors (Lipinski definition) is 6. The molecule has 0 heterocycles. The molecule has 0 spiro atoms. The highest BCUT2D eigenvalue weighted by Gasteiger charge is 2.10. The van der Waals surface area contributed by atoms with Gasteiger partial charge < -0.3 is 14.2 Å². The molecule has 30 heavy (non-hydrogen) atoms. The van der Waals surface area contributed by atoms with E-state index in [0.717, 1.165) is 0 Å². The van der Waals surface area contributed by atoms with E-state index in [9.17, 15) is 9.59 Å². The minimum Gasteiger partial charge on any atom is -0.491 e. The maximum Gasteiger partial charge on any atom is 0.276 e. The second kappa shape index (κ2) is 12.6. The summed E-state index contributed by atoms with van der Waals surface area (Å²) in [6, 6.07) is 13.3. The van der Waals surface area contributed by atoms with Gasteiger partial charge in [-0.2, -0.15) is 0 Å². The predicted octanol–water partition coefficient (Wildman–Crippen LogP) is 2.47. The predicted molar refractivity (Wildman–Crippen MR) is 117 cm³/mol. The summed E-state index contributed by atoms with van der Waals surface area (Å²) < 4.78 is 16.0. The molecule has 2 aromatic carbocycles. The average molecular weight is 452 g/mol. The van der Waals surface area contributed by atoms with Crippen molar-refractivity contribution in [2.75, 3.05) is 26.4 Å². The summed E-state index contributed by atoms with van der Waals surface area (Å²) in [6.07, 6.45) is 0. The number of halogens is 1. The first-order valence-corrected chi connectivity index (χ1v) is 9.86.